The molecule has 0 aromatic heterocycles. The van der Waals surface area contributed by atoms with Crippen LogP contribution in [0, 0.1) is 32.6 Å². The predicted octanol–water partition coefficient (Wildman–Crippen LogP) is 2.73. The number of aliphatic hydroxyl groups excluding tert-OH is 1. The van der Waals surface area contributed by atoms with E-state index in [9.17, 15) is 0 Å². The van der Waals surface area contributed by atoms with Gasteiger partial charge >= 0.3 is 0 Å². The van der Waals surface area contributed by atoms with Crippen LogP contribution in [0.3, 0.4) is 0 Å². The lowest BCUT2D eigenvalue weighted by atomic mass is 10.0. The molecule has 0 saturated carbocycles. The van der Waals surface area contributed by atoms with Gasteiger partial charge in [-0.2, -0.15) is 0 Å². The van der Waals surface area contributed by atoms with E-state index in [4.69, 9.17) is 5.11 Å². The van der Waals surface area contributed by atoms with Gasteiger partial charge in [0.05, 0.1) is 6.10 Å². The molecule has 1 heteroatoms. The first-order chi connectivity index (χ1) is 7.00. The minimum Gasteiger partial charge on any atom is -0.392 e. The number of rotatable bonds is 1. The van der Waals surface area contributed by atoms with Gasteiger partial charge in [-0.3, -0.25) is 0 Å². The third-order valence-electron chi connectivity index (χ3n) is 2.46. The minimum absolute atomic E-state index is 0.343. The van der Waals surface area contributed by atoms with Crippen molar-refractivity contribution in [1.82, 2.24) is 0 Å². The lowest BCUT2D eigenvalue weighted by Gasteiger charge is -2.04. The van der Waals surface area contributed by atoms with Crippen molar-refractivity contribution in [3.63, 3.8) is 0 Å². The Morgan fingerprint density at radius 2 is 1.73 bits per heavy atom. The fourth-order valence-electron chi connectivity index (χ4n) is 1.39. The lowest BCUT2D eigenvalue weighted by Crippen LogP contribution is -1.96. The van der Waals surface area contributed by atoms with Crippen LogP contribution in [0.15, 0.2) is 12.1 Å². The largest absolute Gasteiger partial charge is 0.392 e. The Labute approximate surface area is 92.1 Å². The summed E-state index contributed by atoms with van der Waals surface area (Å²) >= 11 is 0. The van der Waals surface area contributed by atoms with E-state index in [1.807, 2.05) is 0 Å². The van der Waals surface area contributed by atoms with Gasteiger partial charge in [0.25, 0.3) is 0 Å². The third kappa shape index (κ3) is 3.42. The van der Waals surface area contributed by atoms with Gasteiger partial charge in [-0.25, -0.2) is 0 Å². The van der Waals surface area contributed by atoms with E-state index >= 15 is 0 Å². The van der Waals surface area contributed by atoms with Crippen molar-refractivity contribution in [3.05, 3.63) is 34.4 Å². The summed E-state index contributed by atoms with van der Waals surface area (Å²) in [5.41, 5.74) is 4.84. The second-order valence-electron chi connectivity index (χ2n) is 4.11. The van der Waals surface area contributed by atoms with Crippen LogP contribution in [0.25, 0.3) is 0 Å². The van der Waals surface area contributed by atoms with Crippen LogP contribution < -0.4 is 0 Å². The van der Waals surface area contributed by atoms with E-state index in [0.717, 1.165) is 5.56 Å². The number of aliphatic hydroxyl groups is 1. The highest BCUT2D eigenvalue weighted by atomic mass is 16.3. The van der Waals surface area contributed by atoms with Crippen LogP contribution >= 0.6 is 0 Å². The van der Waals surface area contributed by atoms with Gasteiger partial charge in [-0.1, -0.05) is 17.9 Å². The zero-order valence-corrected chi connectivity index (χ0v) is 9.89. The highest BCUT2D eigenvalue weighted by Crippen LogP contribution is 2.14. The second kappa shape index (κ2) is 5.00. The van der Waals surface area contributed by atoms with E-state index in [1.54, 1.807) is 6.92 Å². The molecule has 1 rings (SSSR count). The van der Waals surface area contributed by atoms with Crippen molar-refractivity contribution in [2.45, 2.75) is 40.2 Å². The summed E-state index contributed by atoms with van der Waals surface area (Å²) < 4.78 is 0. The summed E-state index contributed by atoms with van der Waals surface area (Å²) in [5, 5.41) is 9.10. The van der Waals surface area contributed by atoms with Crippen LogP contribution in [0.2, 0.25) is 0 Å². The van der Waals surface area contributed by atoms with Crippen LogP contribution in [-0.2, 0) is 0 Å². The van der Waals surface area contributed by atoms with Crippen LogP contribution in [0.1, 0.15) is 35.6 Å². The van der Waals surface area contributed by atoms with Gasteiger partial charge in [-0.15, -0.1) is 0 Å². The SMILES string of the molecule is Cc1cc(C)c(C#CCC(C)O)cc1C. The van der Waals surface area contributed by atoms with E-state index in [2.05, 4.69) is 44.7 Å². The van der Waals surface area contributed by atoms with Crippen molar-refractivity contribution < 1.29 is 5.11 Å². The maximum absolute atomic E-state index is 9.10. The Morgan fingerprint density at radius 1 is 1.13 bits per heavy atom. The Hall–Kier alpha value is -1.26. The zero-order valence-electron chi connectivity index (χ0n) is 9.89. The van der Waals surface area contributed by atoms with Crippen molar-refractivity contribution in [2.75, 3.05) is 0 Å². The first kappa shape index (κ1) is 11.8. The standard InChI is InChI=1S/C14H18O/c1-10-8-12(3)14(9-11(10)2)7-5-6-13(4)15/h8-9,13,15H,6H2,1-4H3. The number of benzene rings is 1. The molecule has 0 spiro atoms. The van der Waals surface area contributed by atoms with Crippen molar-refractivity contribution in [1.29, 1.82) is 0 Å². The summed E-state index contributed by atoms with van der Waals surface area (Å²) in [6, 6.07) is 4.27. The molecule has 15 heavy (non-hydrogen) atoms. The molecule has 1 atom stereocenters. The van der Waals surface area contributed by atoms with Crippen LogP contribution in [0.4, 0.5) is 0 Å². The van der Waals surface area contributed by atoms with Gasteiger partial charge < -0.3 is 5.11 Å². The molecule has 0 aliphatic carbocycles. The third-order valence-corrected chi connectivity index (χ3v) is 2.46. The fraction of sp³-hybridized carbons (Fsp3) is 0.429. The van der Waals surface area contributed by atoms with Gasteiger partial charge in [0, 0.05) is 12.0 Å². The van der Waals surface area contributed by atoms with Crippen molar-refractivity contribution >= 4 is 0 Å². The normalized spacial score (nSPS) is 11.8. The second-order valence-corrected chi connectivity index (χ2v) is 4.11. The highest BCUT2D eigenvalue weighted by molar-refractivity contribution is 5.45. The van der Waals surface area contributed by atoms with Crippen LogP contribution in [-0.4, -0.2) is 11.2 Å². The zero-order chi connectivity index (χ0) is 11.4. The van der Waals surface area contributed by atoms with Crippen molar-refractivity contribution in [2.24, 2.45) is 0 Å². The topological polar surface area (TPSA) is 20.2 Å². The van der Waals surface area contributed by atoms with E-state index in [1.165, 1.54) is 16.7 Å². The van der Waals surface area contributed by atoms with Crippen molar-refractivity contribution in [3.8, 4) is 11.8 Å². The van der Waals surface area contributed by atoms with Crippen LogP contribution in [0.5, 0.6) is 0 Å². The number of hydrogen-bond acceptors (Lipinski definition) is 1. The van der Waals surface area contributed by atoms with Gasteiger partial charge in [-0.05, 0) is 50.5 Å². The Balaban J connectivity index is 2.94. The average molecular weight is 202 g/mol. The summed E-state index contributed by atoms with van der Waals surface area (Å²) in [5.74, 6) is 6.09. The molecule has 1 unspecified atom stereocenters. The molecule has 1 nitrogen and oxygen atoms in total. The maximum Gasteiger partial charge on any atom is 0.0621 e. The van der Waals surface area contributed by atoms with E-state index in [0.29, 0.717) is 6.42 Å². The monoisotopic (exact) mass is 202 g/mol. The quantitative estimate of drug-likeness (QED) is 0.694. The van der Waals surface area contributed by atoms with E-state index in [-0.39, 0.29) is 6.10 Å². The number of hydrogen-bond donors (Lipinski definition) is 1. The molecule has 1 N–H and O–H groups in total. The van der Waals surface area contributed by atoms with Gasteiger partial charge in [0.15, 0.2) is 0 Å². The molecule has 0 saturated heterocycles. The highest BCUT2D eigenvalue weighted by Gasteiger charge is 1.98. The maximum atomic E-state index is 9.10. The smallest absolute Gasteiger partial charge is 0.0621 e. The molecule has 0 heterocycles. The number of aryl methyl sites for hydroxylation is 3. The molecule has 1 aromatic rings. The fourth-order valence-corrected chi connectivity index (χ4v) is 1.39. The average Bonchev–Trinajstić information content (AvgIpc) is 2.13. The van der Waals surface area contributed by atoms with E-state index < -0.39 is 0 Å². The molecular formula is C14H18O. The molecule has 0 fully saturated rings. The molecule has 0 radical (unpaired) electrons. The minimum atomic E-state index is -0.343. The molecular weight excluding hydrogens is 184 g/mol. The molecule has 0 bridgehead atoms. The molecule has 80 valence electrons. The first-order valence-corrected chi connectivity index (χ1v) is 5.25. The molecule has 0 aliphatic rings. The lowest BCUT2D eigenvalue weighted by molar-refractivity contribution is 0.201. The Morgan fingerprint density at radius 3 is 2.33 bits per heavy atom. The predicted molar refractivity (Wildman–Crippen MR) is 63.8 cm³/mol. The van der Waals surface area contributed by atoms with Gasteiger partial charge in [0.1, 0.15) is 0 Å². The summed E-state index contributed by atoms with van der Waals surface area (Å²) in [7, 11) is 0. The summed E-state index contributed by atoms with van der Waals surface area (Å²) in [6.45, 7) is 8.02. The van der Waals surface area contributed by atoms with Gasteiger partial charge in [0.2, 0.25) is 0 Å². The molecule has 0 amide bonds. The molecule has 1 aromatic carbocycles. The first-order valence-electron chi connectivity index (χ1n) is 5.25. The Kier molecular flexibility index (Phi) is 3.94. The summed E-state index contributed by atoms with van der Waals surface area (Å²) in [4.78, 5) is 0. The Bertz CT molecular complexity index is 405. The molecule has 0 aliphatic heterocycles. The summed E-state index contributed by atoms with van der Waals surface area (Å²) in [6.07, 6.45) is 0.191.